The Bertz CT molecular complexity index is 462. The minimum Gasteiger partial charge on any atom is -0.465 e. The van der Waals surface area contributed by atoms with E-state index in [1.807, 2.05) is 18.7 Å². The Balaban J connectivity index is 2.06. The molecule has 1 N–H and O–H groups in total. The van der Waals surface area contributed by atoms with Crippen LogP contribution in [0.15, 0.2) is 0 Å². The van der Waals surface area contributed by atoms with Gasteiger partial charge in [-0.05, 0) is 32.4 Å². The van der Waals surface area contributed by atoms with Gasteiger partial charge in [-0.15, -0.1) is 11.3 Å². The van der Waals surface area contributed by atoms with Crippen molar-refractivity contribution in [2.24, 2.45) is 0 Å². The number of nitrogens with one attached hydrogen (secondary N) is 1. The highest BCUT2D eigenvalue weighted by Gasteiger charge is 2.33. The number of nitrogens with zero attached hydrogens (tertiary/aromatic N) is 1. The fourth-order valence-corrected chi connectivity index (χ4v) is 4.24. The first-order valence-corrected chi connectivity index (χ1v) is 9.32. The van der Waals surface area contributed by atoms with E-state index in [0.29, 0.717) is 12.6 Å². The van der Waals surface area contributed by atoms with Crippen molar-refractivity contribution in [2.75, 3.05) is 23.9 Å². The fraction of sp³-hybridized carbons (Fsp3) is 0.714. The first kappa shape index (κ1) is 15.6. The van der Waals surface area contributed by atoms with E-state index in [1.165, 1.54) is 4.88 Å². The molecule has 0 bridgehead atoms. The molecule has 1 aromatic rings. The van der Waals surface area contributed by atoms with Crippen molar-refractivity contribution in [1.82, 2.24) is 4.98 Å². The predicted molar refractivity (Wildman–Crippen MR) is 85.9 cm³/mol. The summed E-state index contributed by atoms with van der Waals surface area (Å²) in [5.41, 5.74) is 0.940. The van der Waals surface area contributed by atoms with E-state index in [4.69, 9.17) is 4.74 Å². The molecule has 1 heterocycles. The van der Waals surface area contributed by atoms with Gasteiger partial charge in [-0.3, -0.25) is 4.79 Å². The molecule has 6 heteroatoms. The van der Waals surface area contributed by atoms with Gasteiger partial charge in [0.05, 0.1) is 12.3 Å². The van der Waals surface area contributed by atoms with Gasteiger partial charge >= 0.3 is 5.97 Å². The number of anilines is 1. The van der Waals surface area contributed by atoms with Gasteiger partial charge < -0.3 is 10.1 Å². The Morgan fingerprint density at radius 2 is 2.40 bits per heavy atom. The van der Waals surface area contributed by atoms with Crippen molar-refractivity contribution in [3.05, 3.63) is 10.6 Å². The minimum atomic E-state index is -0.155. The van der Waals surface area contributed by atoms with Crippen LogP contribution >= 0.6 is 23.1 Å². The molecule has 0 amide bonds. The second-order valence-electron chi connectivity index (χ2n) is 4.88. The Labute approximate surface area is 128 Å². The topological polar surface area (TPSA) is 51.2 Å². The third kappa shape index (κ3) is 3.47. The number of ether oxygens (including phenoxy) is 1. The highest BCUT2D eigenvalue weighted by atomic mass is 32.2. The quantitative estimate of drug-likeness (QED) is 0.783. The number of thiazole rings is 1. The van der Waals surface area contributed by atoms with Crippen LogP contribution in [-0.2, 0) is 16.0 Å². The average molecular weight is 314 g/mol. The summed E-state index contributed by atoms with van der Waals surface area (Å²) in [6.45, 7) is 4.46. The Morgan fingerprint density at radius 3 is 3.05 bits per heavy atom. The van der Waals surface area contributed by atoms with Crippen LogP contribution in [0.5, 0.6) is 0 Å². The molecule has 2 rings (SSSR count). The van der Waals surface area contributed by atoms with E-state index in [1.54, 1.807) is 11.3 Å². The Kier molecular flexibility index (Phi) is 5.72. The van der Waals surface area contributed by atoms with Gasteiger partial charge in [0, 0.05) is 16.7 Å². The third-order valence-electron chi connectivity index (χ3n) is 3.48. The summed E-state index contributed by atoms with van der Waals surface area (Å²) >= 11 is 3.53. The molecule has 20 heavy (non-hydrogen) atoms. The molecular formula is C14H22N2O2S2. The van der Waals surface area contributed by atoms with Crippen molar-refractivity contribution < 1.29 is 9.53 Å². The molecule has 2 unspecified atom stereocenters. The Morgan fingerprint density at radius 1 is 1.60 bits per heavy atom. The molecule has 1 aliphatic carbocycles. The van der Waals surface area contributed by atoms with Crippen molar-refractivity contribution in [3.8, 4) is 0 Å². The molecule has 0 aromatic carbocycles. The number of rotatable bonds is 7. The first-order chi connectivity index (χ1) is 9.69. The molecule has 0 saturated carbocycles. The van der Waals surface area contributed by atoms with Gasteiger partial charge in [-0.2, -0.15) is 11.8 Å². The van der Waals surface area contributed by atoms with Crippen molar-refractivity contribution in [2.45, 2.75) is 45.1 Å². The van der Waals surface area contributed by atoms with Crippen LogP contribution < -0.4 is 5.32 Å². The molecule has 0 saturated heterocycles. The van der Waals surface area contributed by atoms with Gasteiger partial charge in [-0.25, -0.2) is 4.98 Å². The summed E-state index contributed by atoms with van der Waals surface area (Å²) < 4.78 is 5.13. The second-order valence-corrected chi connectivity index (χ2v) is 6.87. The molecule has 0 aliphatic heterocycles. The predicted octanol–water partition coefficient (Wildman–Crippen LogP) is 3.29. The molecular weight excluding hydrogens is 292 g/mol. The summed E-state index contributed by atoms with van der Waals surface area (Å²) in [6, 6.07) is 0.442. The number of carbonyl (C=O) groups is 1. The number of thioether (sulfide) groups is 1. The van der Waals surface area contributed by atoms with E-state index >= 15 is 0 Å². The lowest BCUT2D eigenvalue weighted by Gasteiger charge is -2.14. The standard InChI is InChI=1S/C14H22N2O2S2/c1-4-9(8-19-3)15-14-16-12-10(13(17)18-5-2)6-7-11(12)20-14/h9-10H,4-8H2,1-3H3,(H,15,16). The van der Waals surface area contributed by atoms with Crippen LogP contribution in [-0.4, -0.2) is 35.6 Å². The summed E-state index contributed by atoms with van der Waals surface area (Å²) in [7, 11) is 0. The van der Waals surface area contributed by atoms with Gasteiger partial charge in [0.1, 0.15) is 5.92 Å². The molecule has 1 aromatic heterocycles. The average Bonchev–Trinajstić information content (AvgIpc) is 2.97. The highest BCUT2D eigenvalue weighted by molar-refractivity contribution is 7.98. The summed E-state index contributed by atoms with van der Waals surface area (Å²) in [4.78, 5) is 17.8. The Hall–Kier alpha value is -0.750. The minimum absolute atomic E-state index is 0.126. The van der Waals surface area contributed by atoms with Crippen molar-refractivity contribution in [1.29, 1.82) is 0 Å². The van der Waals surface area contributed by atoms with Gasteiger partial charge in [-0.1, -0.05) is 6.92 Å². The van der Waals surface area contributed by atoms with Crippen LogP contribution in [0.4, 0.5) is 5.13 Å². The lowest BCUT2D eigenvalue weighted by atomic mass is 10.1. The van der Waals surface area contributed by atoms with E-state index in [-0.39, 0.29) is 11.9 Å². The molecule has 1 aliphatic rings. The monoisotopic (exact) mass is 314 g/mol. The first-order valence-electron chi connectivity index (χ1n) is 7.11. The van der Waals surface area contributed by atoms with E-state index in [9.17, 15) is 4.79 Å². The molecule has 112 valence electrons. The SMILES string of the molecule is CCOC(=O)C1CCc2sc(NC(CC)CSC)nc21. The maximum absolute atomic E-state index is 11.9. The number of esters is 1. The molecule has 0 fully saturated rings. The zero-order valence-electron chi connectivity index (χ0n) is 12.3. The van der Waals surface area contributed by atoms with Gasteiger partial charge in [0.2, 0.25) is 0 Å². The number of aryl methyl sites for hydroxylation is 1. The summed E-state index contributed by atoms with van der Waals surface area (Å²) in [5, 5.41) is 4.43. The number of aromatic nitrogens is 1. The normalized spacial score (nSPS) is 18.6. The van der Waals surface area contributed by atoms with Crippen LogP contribution in [0.1, 0.15) is 43.2 Å². The number of hydrogen-bond donors (Lipinski definition) is 1. The van der Waals surface area contributed by atoms with E-state index < -0.39 is 0 Å². The lowest BCUT2D eigenvalue weighted by molar-refractivity contribution is -0.145. The highest BCUT2D eigenvalue weighted by Crippen LogP contribution is 2.39. The molecule has 0 radical (unpaired) electrons. The van der Waals surface area contributed by atoms with Crippen molar-refractivity contribution in [3.63, 3.8) is 0 Å². The van der Waals surface area contributed by atoms with Gasteiger partial charge in [0.15, 0.2) is 5.13 Å². The van der Waals surface area contributed by atoms with Crippen LogP contribution in [0.25, 0.3) is 0 Å². The maximum Gasteiger partial charge on any atom is 0.315 e. The zero-order chi connectivity index (χ0) is 14.5. The third-order valence-corrected chi connectivity index (χ3v) is 5.27. The molecule has 4 nitrogen and oxygen atoms in total. The van der Waals surface area contributed by atoms with Crippen LogP contribution in [0, 0.1) is 0 Å². The number of fused-ring (bicyclic) bond motifs is 1. The second kappa shape index (κ2) is 7.31. The van der Waals surface area contributed by atoms with E-state index in [2.05, 4.69) is 23.5 Å². The van der Waals surface area contributed by atoms with Crippen molar-refractivity contribution >= 4 is 34.2 Å². The van der Waals surface area contributed by atoms with Crippen LogP contribution in [0.3, 0.4) is 0 Å². The molecule has 0 spiro atoms. The number of hydrogen-bond acceptors (Lipinski definition) is 6. The zero-order valence-corrected chi connectivity index (χ0v) is 13.9. The van der Waals surface area contributed by atoms with Gasteiger partial charge in [0.25, 0.3) is 0 Å². The fourth-order valence-electron chi connectivity index (χ4n) is 2.40. The lowest BCUT2D eigenvalue weighted by Crippen LogP contribution is -2.21. The molecule has 2 atom stereocenters. The largest absolute Gasteiger partial charge is 0.465 e. The van der Waals surface area contributed by atoms with Crippen LogP contribution in [0.2, 0.25) is 0 Å². The summed E-state index contributed by atoms with van der Waals surface area (Å²) in [6.07, 6.45) is 4.97. The van der Waals surface area contributed by atoms with E-state index in [0.717, 1.165) is 35.8 Å². The number of carbonyl (C=O) groups excluding carboxylic acids is 1. The summed E-state index contributed by atoms with van der Waals surface area (Å²) in [5.74, 6) is 0.791. The smallest absolute Gasteiger partial charge is 0.315 e. The maximum atomic E-state index is 11.9.